The highest BCUT2D eigenvalue weighted by atomic mass is 32.2. The Morgan fingerprint density at radius 2 is 1.71 bits per heavy atom. The van der Waals surface area contributed by atoms with E-state index in [0.29, 0.717) is 11.1 Å². The summed E-state index contributed by atoms with van der Waals surface area (Å²) in [6, 6.07) is 16.4. The van der Waals surface area contributed by atoms with Gasteiger partial charge in [0.1, 0.15) is 10.4 Å². The standard InChI is InChI=1S/C27H22FN5O6S2/c1-17-14-29-27(30-21-11-7-13-23(24(21)28)40(2,36)37)31-25(17)20-15-32(26-19(20)10-6-12-22(26)33(34)35)41(38,39)16-18-8-4-3-5-9-18/h3-15H,16H2,1-2H3,(H,29,30,31). The van der Waals surface area contributed by atoms with Crippen LogP contribution in [0.5, 0.6) is 0 Å². The molecule has 5 rings (SSSR count). The predicted molar refractivity (Wildman–Crippen MR) is 152 cm³/mol. The molecule has 14 heteroatoms. The third kappa shape index (κ3) is 5.38. The van der Waals surface area contributed by atoms with E-state index in [1.165, 1.54) is 36.7 Å². The lowest BCUT2D eigenvalue weighted by molar-refractivity contribution is -0.383. The number of non-ortho nitro benzene ring substituents is 1. The molecular formula is C27H22FN5O6S2. The third-order valence-electron chi connectivity index (χ3n) is 6.30. The second-order valence-corrected chi connectivity index (χ2v) is 13.1. The molecule has 0 atom stereocenters. The molecule has 210 valence electrons. The summed E-state index contributed by atoms with van der Waals surface area (Å²) in [5.74, 6) is -1.53. The van der Waals surface area contributed by atoms with Crippen LogP contribution in [0.15, 0.2) is 84.0 Å². The van der Waals surface area contributed by atoms with Crippen LogP contribution in [0.4, 0.5) is 21.7 Å². The topological polar surface area (TPSA) is 154 Å². The van der Waals surface area contributed by atoms with Gasteiger partial charge >= 0.3 is 0 Å². The Balaban J connectivity index is 1.67. The van der Waals surface area contributed by atoms with Crippen LogP contribution in [0, 0.1) is 22.9 Å². The van der Waals surface area contributed by atoms with Crippen LogP contribution in [0.2, 0.25) is 0 Å². The Morgan fingerprint density at radius 1 is 1.00 bits per heavy atom. The molecule has 0 saturated carbocycles. The normalized spacial score (nSPS) is 12.0. The van der Waals surface area contributed by atoms with Gasteiger partial charge in [-0.2, -0.15) is 0 Å². The van der Waals surface area contributed by atoms with Gasteiger partial charge in [-0.3, -0.25) is 10.1 Å². The molecule has 0 saturated heterocycles. The number of fused-ring (bicyclic) bond motifs is 1. The number of nitro groups is 1. The van der Waals surface area contributed by atoms with Crippen molar-refractivity contribution >= 4 is 48.1 Å². The van der Waals surface area contributed by atoms with Gasteiger partial charge in [-0.05, 0) is 30.2 Å². The maximum atomic E-state index is 15.0. The van der Waals surface area contributed by atoms with E-state index in [9.17, 15) is 31.3 Å². The molecule has 41 heavy (non-hydrogen) atoms. The second-order valence-electron chi connectivity index (χ2n) is 9.25. The van der Waals surface area contributed by atoms with Gasteiger partial charge in [0.25, 0.3) is 5.69 Å². The first-order valence-electron chi connectivity index (χ1n) is 12.0. The number of aromatic nitrogens is 3. The Hall–Kier alpha value is -4.69. The minimum atomic E-state index is -4.13. The number of nitrogens with zero attached hydrogens (tertiary/aromatic N) is 4. The lowest BCUT2D eigenvalue weighted by atomic mass is 10.1. The minimum Gasteiger partial charge on any atom is -0.322 e. The molecule has 0 amide bonds. The minimum absolute atomic E-state index is 0.103. The monoisotopic (exact) mass is 595 g/mol. The van der Waals surface area contributed by atoms with Gasteiger partial charge in [0.2, 0.25) is 16.0 Å². The molecule has 1 N–H and O–H groups in total. The van der Waals surface area contributed by atoms with E-state index in [1.54, 1.807) is 43.3 Å². The molecule has 0 bridgehead atoms. The highest BCUT2D eigenvalue weighted by molar-refractivity contribution is 7.90. The molecular weight excluding hydrogens is 573 g/mol. The number of anilines is 2. The SMILES string of the molecule is Cc1cnc(Nc2cccc(S(C)(=O)=O)c2F)nc1-c1cn(S(=O)(=O)Cc2ccccc2)c2c([N+](=O)[O-])cccc12. The fraction of sp³-hybridized carbons (Fsp3) is 0.111. The number of nitro benzene ring substituents is 1. The van der Waals surface area contributed by atoms with Crippen molar-refractivity contribution < 1.29 is 26.1 Å². The number of hydrogen-bond acceptors (Lipinski definition) is 9. The zero-order valence-corrected chi connectivity index (χ0v) is 23.3. The average molecular weight is 596 g/mol. The number of nitrogens with one attached hydrogen (secondary N) is 1. The summed E-state index contributed by atoms with van der Waals surface area (Å²) in [7, 11) is -7.98. The zero-order chi connectivity index (χ0) is 29.5. The molecule has 0 aliphatic heterocycles. The third-order valence-corrected chi connectivity index (χ3v) is 9.00. The van der Waals surface area contributed by atoms with E-state index in [0.717, 1.165) is 16.3 Å². The van der Waals surface area contributed by atoms with Crippen molar-refractivity contribution in [3.63, 3.8) is 0 Å². The largest absolute Gasteiger partial charge is 0.322 e. The van der Waals surface area contributed by atoms with Crippen molar-refractivity contribution in [2.75, 3.05) is 11.6 Å². The van der Waals surface area contributed by atoms with Gasteiger partial charge in [-0.1, -0.05) is 48.5 Å². The quantitative estimate of drug-likeness (QED) is 0.193. The van der Waals surface area contributed by atoms with Crippen LogP contribution in [0.3, 0.4) is 0 Å². The predicted octanol–water partition coefficient (Wildman–Crippen LogP) is 4.98. The molecule has 0 aliphatic rings. The fourth-order valence-electron chi connectivity index (χ4n) is 4.43. The second kappa shape index (κ2) is 10.4. The molecule has 3 aromatic carbocycles. The van der Waals surface area contributed by atoms with Gasteiger partial charge in [0, 0.05) is 35.7 Å². The van der Waals surface area contributed by atoms with Gasteiger partial charge in [0.15, 0.2) is 15.7 Å². The van der Waals surface area contributed by atoms with Crippen molar-refractivity contribution in [2.24, 2.45) is 0 Å². The van der Waals surface area contributed by atoms with Gasteiger partial charge < -0.3 is 5.32 Å². The summed E-state index contributed by atoms with van der Waals surface area (Å²) in [5.41, 5.74) is 0.795. The Labute approximate surface area is 234 Å². The highest BCUT2D eigenvalue weighted by Gasteiger charge is 2.27. The number of halogens is 1. The van der Waals surface area contributed by atoms with E-state index in [2.05, 4.69) is 15.3 Å². The molecule has 11 nitrogen and oxygen atoms in total. The smallest absolute Gasteiger partial charge is 0.294 e. The summed E-state index contributed by atoms with van der Waals surface area (Å²) in [6.45, 7) is 1.67. The van der Waals surface area contributed by atoms with Gasteiger partial charge in [-0.15, -0.1) is 0 Å². The molecule has 0 unspecified atom stereocenters. The van der Waals surface area contributed by atoms with Crippen LogP contribution in [-0.4, -0.2) is 42.0 Å². The van der Waals surface area contributed by atoms with E-state index in [1.807, 2.05) is 0 Å². The molecule has 0 fully saturated rings. The number of rotatable bonds is 8. The first-order valence-corrected chi connectivity index (χ1v) is 15.5. The van der Waals surface area contributed by atoms with Crippen molar-refractivity contribution in [3.8, 4) is 11.3 Å². The van der Waals surface area contributed by atoms with Crippen molar-refractivity contribution in [1.29, 1.82) is 0 Å². The number of sulfone groups is 1. The van der Waals surface area contributed by atoms with Crippen LogP contribution in [0.1, 0.15) is 11.1 Å². The Morgan fingerprint density at radius 3 is 2.39 bits per heavy atom. The summed E-state index contributed by atoms with van der Waals surface area (Å²) in [5, 5.41) is 14.9. The number of hydrogen-bond donors (Lipinski definition) is 1. The van der Waals surface area contributed by atoms with Crippen molar-refractivity contribution in [3.05, 3.63) is 106 Å². The lowest BCUT2D eigenvalue weighted by Crippen LogP contribution is -2.14. The maximum absolute atomic E-state index is 15.0. The fourth-order valence-corrected chi connectivity index (χ4v) is 6.68. The number of para-hydroxylation sites is 1. The number of aryl methyl sites for hydroxylation is 1. The van der Waals surface area contributed by atoms with E-state index in [4.69, 9.17) is 0 Å². The summed E-state index contributed by atoms with van der Waals surface area (Å²) >= 11 is 0. The number of benzene rings is 3. The van der Waals surface area contributed by atoms with Crippen LogP contribution in [-0.2, 0) is 25.6 Å². The van der Waals surface area contributed by atoms with Crippen molar-refractivity contribution in [2.45, 2.75) is 17.6 Å². The molecule has 0 aliphatic carbocycles. The average Bonchev–Trinajstić information content (AvgIpc) is 3.31. The zero-order valence-electron chi connectivity index (χ0n) is 21.6. The molecule has 0 spiro atoms. The first kappa shape index (κ1) is 27.9. The Bertz CT molecular complexity index is 2050. The first-order chi connectivity index (χ1) is 19.4. The summed E-state index contributed by atoms with van der Waals surface area (Å²) in [4.78, 5) is 19.4. The summed E-state index contributed by atoms with van der Waals surface area (Å²) < 4.78 is 66.9. The van der Waals surface area contributed by atoms with Crippen LogP contribution in [0.25, 0.3) is 22.2 Å². The molecule has 2 aromatic heterocycles. The molecule has 5 aromatic rings. The van der Waals surface area contributed by atoms with Gasteiger partial charge in [0.05, 0.1) is 22.1 Å². The lowest BCUT2D eigenvalue weighted by Gasteiger charge is -2.11. The summed E-state index contributed by atoms with van der Waals surface area (Å²) in [6.07, 6.45) is 3.58. The van der Waals surface area contributed by atoms with Crippen molar-refractivity contribution in [1.82, 2.24) is 13.9 Å². The van der Waals surface area contributed by atoms with E-state index in [-0.39, 0.29) is 33.8 Å². The van der Waals surface area contributed by atoms with E-state index >= 15 is 0 Å². The Kier molecular flexibility index (Phi) is 7.05. The van der Waals surface area contributed by atoms with E-state index < -0.39 is 46.9 Å². The van der Waals surface area contributed by atoms with Crippen LogP contribution < -0.4 is 5.32 Å². The highest BCUT2D eigenvalue weighted by Crippen LogP contribution is 2.38. The van der Waals surface area contributed by atoms with Crippen LogP contribution >= 0.6 is 0 Å². The van der Waals surface area contributed by atoms with Gasteiger partial charge in [-0.25, -0.2) is 35.2 Å². The maximum Gasteiger partial charge on any atom is 0.294 e. The molecule has 2 heterocycles. The molecule has 0 radical (unpaired) electrons.